The number of nitrogens with two attached hydrogens (primary N) is 1. The van der Waals surface area contributed by atoms with Crippen LogP contribution in [0.25, 0.3) is 33.0 Å². The number of hydrogen-bond acceptors (Lipinski definition) is 9. The van der Waals surface area contributed by atoms with E-state index in [2.05, 4.69) is 51.0 Å². The van der Waals surface area contributed by atoms with Crippen LogP contribution in [0.15, 0.2) is 93.9 Å². The topological polar surface area (TPSA) is 119 Å². The Morgan fingerprint density at radius 2 is 1.87 bits per heavy atom. The Labute approximate surface area is 263 Å². The number of aromatic nitrogens is 4. The van der Waals surface area contributed by atoms with Crippen molar-refractivity contribution in [2.75, 3.05) is 52.6 Å². The van der Waals surface area contributed by atoms with E-state index in [-0.39, 0.29) is 5.82 Å². The molecule has 45 heavy (non-hydrogen) atoms. The third-order valence-electron chi connectivity index (χ3n) is 8.17. The number of likely N-dealkylation sites (N-methyl/N-ethyl adjacent to an activating group) is 1. The molecule has 5 rings (SSSR count). The average molecular weight is 605 g/mol. The van der Waals surface area contributed by atoms with E-state index in [0.29, 0.717) is 33.4 Å². The Kier molecular flexibility index (Phi) is 9.65. The summed E-state index contributed by atoms with van der Waals surface area (Å²) in [4.78, 5) is 31.2. The predicted octanol–water partition coefficient (Wildman–Crippen LogP) is 5.16. The summed E-state index contributed by atoms with van der Waals surface area (Å²) in [5.41, 5.74) is 10.5. The van der Waals surface area contributed by atoms with E-state index < -0.39 is 11.7 Å². The lowest BCUT2D eigenvalue weighted by molar-refractivity contribution is 0.165. The number of anilines is 1. The highest BCUT2D eigenvalue weighted by molar-refractivity contribution is 6.15. The Hall–Kier alpha value is -4.93. The van der Waals surface area contributed by atoms with Gasteiger partial charge >= 0.3 is 5.63 Å². The van der Waals surface area contributed by atoms with Crippen molar-refractivity contribution in [3.63, 3.8) is 0 Å². The Bertz CT molecular complexity index is 1920. The SMILES string of the molecule is C=C/C=C(\C=NC)c1nn(C(C)c2oc(=O)c3ccccc3c2C(/C=C(\C=C)CN2CCN(C)CC2)=C/C)c2ncnc(N)c12. The van der Waals surface area contributed by atoms with Crippen LogP contribution in [0.5, 0.6) is 0 Å². The highest BCUT2D eigenvalue weighted by Gasteiger charge is 2.27. The van der Waals surface area contributed by atoms with E-state index in [1.807, 2.05) is 44.2 Å². The van der Waals surface area contributed by atoms with Crippen molar-refractivity contribution in [1.82, 2.24) is 29.5 Å². The molecule has 1 atom stereocenters. The molecule has 0 spiro atoms. The number of allylic oxidation sites excluding steroid dienone is 6. The zero-order chi connectivity index (χ0) is 32.1. The van der Waals surface area contributed by atoms with Crippen molar-refractivity contribution in [3.05, 3.63) is 107 Å². The second kappa shape index (κ2) is 13.8. The second-order valence-electron chi connectivity index (χ2n) is 11.1. The molecule has 0 bridgehead atoms. The van der Waals surface area contributed by atoms with Gasteiger partial charge in [0.2, 0.25) is 0 Å². The summed E-state index contributed by atoms with van der Waals surface area (Å²) in [5.74, 6) is 0.738. The fraction of sp³-hybridized carbons (Fsp3) is 0.286. The first-order valence-corrected chi connectivity index (χ1v) is 15.0. The first-order chi connectivity index (χ1) is 21.8. The lowest BCUT2D eigenvalue weighted by Gasteiger charge is -2.32. The van der Waals surface area contributed by atoms with Crippen molar-refractivity contribution in [2.45, 2.75) is 19.9 Å². The molecule has 10 nitrogen and oxygen atoms in total. The minimum Gasteiger partial charge on any atom is -0.424 e. The predicted molar refractivity (Wildman–Crippen MR) is 184 cm³/mol. The van der Waals surface area contributed by atoms with E-state index in [9.17, 15) is 4.79 Å². The quantitative estimate of drug-likeness (QED) is 0.195. The molecule has 1 aliphatic rings. The molecule has 1 fully saturated rings. The van der Waals surface area contributed by atoms with E-state index in [0.717, 1.165) is 54.8 Å². The minimum atomic E-state index is -0.556. The molecule has 1 aromatic carbocycles. The third-order valence-corrected chi connectivity index (χ3v) is 8.17. The highest BCUT2D eigenvalue weighted by atomic mass is 16.4. The molecule has 3 aromatic heterocycles. The summed E-state index contributed by atoms with van der Waals surface area (Å²) >= 11 is 0. The van der Waals surface area contributed by atoms with Gasteiger partial charge in [-0.25, -0.2) is 19.4 Å². The van der Waals surface area contributed by atoms with Crippen LogP contribution in [-0.2, 0) is 0 Å². The molecule has 0 radical (unpaired) electrons. The molecular weight excluding hydrogens is 564 g/mol. The first kappa shape index (κ1) is 31.5. The number of fused-ring (bicyclic) bond motifs is 2. The molecule has 232 valence electrons. The maximum atomic E-state index is 13.4. The van der Waals surface area contributed by atoms with Gasteiger partial charge in [-0.15, -0.1) is 0 Å². The molecule has 4 heterocycles. The lowest BCUT2D eigenvalue weighted by atomic mass is 9.94. The van der Waals surface area contributed by atoms with E-state index >= 15 is 0 Å². The second-order valence-corrected chi connectivity index (χ2v) is 11.1. The molecule has 2 N–H and O–H groups in total. The zero-order valence-corrected chi connectivity index (χ0v) is 26.4. The number of rotatable bonds is 10. The van der Waals surface area contributed by atoms with Gasteiger partial charge in [0.05, 0.1) is 10.8 Å². The van der Waals surface area contributed by atoms with Crippen LogP contribution in [0.2, 0.25) is 0 Å². The van der Waals surface area contributed by atoms with Gasteiger partial charge in [-0.3, -0.25) is 9.89 Å². The maximum Gasteiger partial charge on any atom is 0.343 e. The third kappa shape index (κ3) is 6.33. The number of nitrogens with zero attached hydrogens (tertiary/aromatic N) is 7. The van der Waals surface area contributed by atoms with Gasteiger partial charge in [0.15, 0.2) is 5.65 Å². The normalized spacial score (nSPS) is 16.6. The maximum absolute atomic E-state index is 13.4. The van der Waals surface area contributed by atoms with Crippen LogP contribution < -0.4 is 11.4 Å². The summed E-state index contributed by atoms with van der Waals surface area (Å²) in [7, 11) is 3.83. The van der Waals surface area contributed by atoms with Crippen LogP contribution in [0.1, 0.15) is 36.9 Å². The summed E-state index contributed by atoms with van der Waals surface area (Å²) < 4.78 is 7.91. The zero-order valence-electron chi connectivity index (χ0n) is 26.4. The van der Waals surface area contributed by atoms with Gasteiger partial charge in [-0.1, -0.05) is 61.7 Å². The van der Waals surface area contributed by atoms with Crippen molar-refractivity contribution in [2.24, 2.45) is 4.99 Å². The number of aliphatic imine (C=N–C) groups is 1. The van der Waals surface area contributed by atoms with Crippen LogP contribution in [0.4, 0.5) is 5.82 Å². The van der Waals surface area contributed by atoms with Crippen LogP contribution in [0.3, 0.4) is 0 Å². The van der Waals surface area contributed by atoms with Gasteiger partial charge in [0.25, 0.3) is 0 Å². The monoisotopic (exact) mass is 604 g/mol. The molecule has 4 aromatic rings. The summed E-state index contributed by atoms with van der Waals surface area (Å²) in [6.45, 7) is 16.7. The lowest BCUT2D eigenvalue weighted by Crippen LogP contribution is -2.44. The van der Waals surface area contributed by atoms with Crippen LogP contribution in [0, 0.1) is 0 Å². The average Bonchev–Trinajstić information content (AvgIpc) is 3.45. The summed E-state index contributed by atoms with van der Waals surface area (Å²) in [5, 5.41) is 6.84. The highest BCUT2D eigenvalue weighted by Crippen LogP contribution is 2.36. The molecule has 1 unspecified atom stereocenters. The molecule has 0 aliphatic carbocycles. The standard InChI is InChI=1S/C35H40N8O2/c1-7-12-26(20-37-5)31-30-33(36)38-22-39-34(30)43(40-31)23(4)32-29(27-13-10-11-14-28(27)35(44)45-32)25(9-3)19-24(8-2)21-42-17-15-41(6)16-18-42/h7-14,19-20,22-23H,1-2,15-18,21H2,3-6H3,(H2,36,38,39)/b24-19+,25-9+,26-12+,37-20?. The number of hydrogen-bond donors (Lipinski definition) is 1. The molecule has 0 amide bonds. The first-order valence-electron chi connectivity index (χ1n) is 15.0. The Morgan fingerprint density at radius 3 is 2.53 bits per heavy atom. The van der Waals surface area contributed by atoms with E-state index in [1.54, 1.807) is 36.2 Å². The van der Waals surface area contributed by atoms with Crippen molar-refractivity contribution < 1.29 is 4.42 Å². The largest absolute Gasteiger partial charge is 0.424 e. The van der Waals surface area contributed by atoms with Crippen molar-refractivity contribution >= 4 is 45.0 Å². The molecule has 1 saturated heterocycles. The fourth-order valence-electron chi connectivity index (χ4n) is 5.77. The fourth-order valence-corrected chi connectivity index (χ4v) is 5.77. The van der Waals surface area contributed by atoms with E-state index in [4.69, 9.17) is 15.2 Å². The van der Waals surface area contributed by atoms with Gasteiger partial charge in [0.1, 0.15) is 29.6 Å². The molecular formula is C35H40N8O2. The smallest absolute Gasteiger partial charge is 0.343 e. The molecule has 1 aliphatic heterocycles. The Balaban J connectivity index is 1.71. The van der Waals surface area contributed by atoms with Gasteiger partial charge in [-0.05, 0) is 38.1 Å². The van der Waals surface area contributed by atoms with Crippen molar-refractivity contribution in [3.8, 4) is 0 Å². The van der Waals surface area contributed by atoms with E-state index in [1.165, 1.54) is 6.33 Å². The van der Waals surface area contributed by atoms with Gasteiger partial charge in [0, 0.05) is 62.5 Å². The summed E-state index contributed by atoms with van der Waals surface area (Å²) in [6.07, 6.45) is 12.6. The van der Waals surface area contributed by atoms with Crippen LogP contribution in [-0.4, -0.2) is 82.6 Å². The summed E-state index contributed by atoms with van der Waals surface area (Å²) in [6, 6.07) is 6.97. The van der Waals surface area contributed by atoms with Gasteiger partial charge < -0.3 is 15.1 Å². The minimum absolute atomic E-state index is 0.282. The number of benzene rings is 1. The number of nitrogen functional groups attached to an aromatic ring is 1. The van der Waals surface area contributed by atoms with Crippen LogP contribution >= 0.6 is 0 Å². The molecule has 0 saturated carbocycles. The number of piperazine rings is 1. The van der Waals surface area contributed by atoms with Crippen molar-refractivity contribution in [1.29, 1.82) is 0 Å². The molecule has 10 heteroatoms. The van der Waals surface area contributed by atoms with Gasteiger partial charge in [-0.2, -0.15) is 5.10 Å². The Morgan fingerprint density at radius 1 is 1.13 bits per heavy atom.